The van der Waals surface area contributed by atoms with Crippen LogP contribution < -0.4 is 0 Å². The minimum Gasteiger partial charge on any atom is -0.282 e. The van der Waals surface area contributed by atoms with E-state index in [9.17, 15) is 8.42 Å². The summed E-state index contributed by atoms with van der Waals surface area (Å²) in [5.74, 6) is 0. The summed E-state index contributed by atoms with van der Waals surface area (Å²) in [6.07, 6.45) is 0. The molecule has 0 aliphatic heterocycles. The SMILES string of the molecule is Cc1ccc(S(=O)(=O)O)cc1C.I. The van der Waals surface area contributed by atoms with Crippen LogP contribution in [0.15, 0.2) is 23.1 Å². The van der Waals surface area contributed by atoms with Crippen molar-refractivity contribution >= 4 is 34.1 Å². The van der Waals surface area contributed by atoms with E-state index in [-0.39, 0.29) is 28.9 Å². The molecule has 1 aromatic carbocycles. The molecule has 1 rings (SSSR count). The van der Waals surface area contributed by atoms with Crippen LogP contribution in [-0.2, 0) is 10.1 Å². The summed E-state index contributed by atoms with van der Waals surface area (Å²) in [6, 6.07) is 4.50. The second-order valence-corrected chi connectivity index (χ2v) is 4.14. The standard InChI is InChI=1S/C8H10O3S.HI/c1-6-3-4-8(5-7(6)2)12(9,10)11;/h3-5H,1-2H3,(H,9,10,11);1H. The Morgan fingerprint density at radius 2 is 1.69 bits per heavy atom. The third kappa shape index (κ3) is 3.24. The van der Waals surface area contributed by atoms with E-state index in [1.165, 1.54) is 12.1 Å². The predicted molar refractivity (Wildman–Crippen MR) is 61.1 cm³/mol. The van der Waals surface area contributed by atoms with Crippen molar-refractivity contribution < 1.29 is 13.0 Å². The molecule has 1 aromatic rings. The van der Waals surface area contributed by atoms with E-state index in [0.717, 1.165) is 11.1 Å². The van der Waals surface area contributed by atoms with Crippen molar-refractivity contribution in [2.45, 2.75) is 18.7 Å². The number of aryl methyl sites for hydroxylation is 2. The van der Waals surface area contributed by atoms with Gasteiger partial charge in [-0.3, -0.25) is 4.55 Å². The number of halogens is 1. The zero-order valence-electron chi connectivity index (χ0n) is 7.31. The third-order valence-electron chi connectivity index (χ3n) is 1.78. The van der Waals surface area contributed by atoms with E-state index in [4.69, 9.17) is 4.55 Å². The summed E-state index contributed by atoms with van der Waals surface area (Å²) in [5.41, 5.74) is 1.85. The van der Waals surface area contributed by atoms with Gasteiger partial charge in [-0.25, -0.2) is 0 Å². The predicted octanol–water partition coefficient (Wildman–Crippen LogP) is 2.17. The van der Waals surface area contributed by atoms with E-state index in [1.54, 1.807) is 13.0 Å². The lowest BCUT2D eigenvalue weighted by molar-refractivity contribution is 0.483. The Balaban J connectivity index is 0.00000144. The highest BCUT2D eigenvalue weighted by Crippen LogP contribution is 2.13. The van der Waals surface area contributed by atoms with Crippen molar-refractivity contribution in [1.29, 1.82) is 0 Å². The molecule has 5 heteroatoms. The molecule has 0 heterocycles. The molecule has 13 heavy (non-hydrogen) atoms. The maximum atomic E-state index is 10.7. The van der Waals surface area contributed by atoms with Crippen LogP contribution in [0.4, 0.5) is 0 Å². The summed E-state index contributed by atoms with van der Waals surface area (Å²) in [4.78, 5) is -0.0504. The van der Waals surface area contributed by atoms with Gasteiger partial charge in [0.2, 0.25) is 0 Å². The highest BCUT2D eigenvalue weighted by atomic mass is 127. The van der Waals surface area contributed by atoms with Crippen LogP contribution in [0.3, 0.4) is 0 Å². The molecule has 0 aromatic heterocycles. The molecule has 0 aliphatic carbocycles. The molecular formula is C8H11IO3S. The fourth-order valence-electron chi connectivity index (χ4n) is 0.874. The minimum atomic E-state index is -4.04. The lowest BCUT2D eigenvalue weighted by Gasteiger charge is -2.01. The Morgan fingerprint density at radius 3 is 2.08 bits per heavy atom. The van der Waals surface area contributed by atoms with Crippen LogP contribution in [0.2, 0.25) is 0 Å². The molecular weight excluding hydrogens is 303 g/mol. The highest BCUT2D eigenvalue weighted by molar-refractivity contribution is 14.0. The first kappa shape index (κ1) is 12.9. The van der Waals surface area contributed by atoms with Crippen molar-refractivity contribution in [3.8, 4) is 0 Å². The van der Waals surface area contributed by atoms with Crippen molar-refractivity contribution in [3.05, 3.63) is 29.3 Å². The molecule has 74 valence electrons. The Kier molecular flexibility index (Phi) is 4.34. The van der Waals surface area contributed by atoms with Crippen LogP contribution in [0.5, 0.6) is 0 Å². The van der Waals surface area contributed by atoms with Gasteiger partial charge in [-0.05, 0) is 37.1 Å². The van der Waals surface area contributed by atoms with Gasteiger partial charge in [-0.2, -0.15) is 8.42 Å². The second kappa shape index (κ2) is 4.39. The van der Waals surface area contributed by atoms with Crippen LogP contribution in [0.1, 0.15) is 11.1 Å². The average molecular weight is 314 g/mol. The zero-order valence-corrected chi connectivity index (χ0v) is 10.5. The summed E-state index contributed by atoms with van der Waals surface area (Å²) in [7, 11) is -4.04. The van der Waals surface area contributed by atoms with Gasteiger partial charge in [-0.1, -0.05) is 6.07 Å². The number of hydrogen-bond acceptors (Lipinski definition) is 2. The Bertz CT molecular complexity index is 398. The van der Waals surface area contributed by atoms with E-state index < -0.39 is 10.1 Å². The van der Waals surface area contributed by atoms with Gasteiger partial charge >= 0.3 is 0 Å². The first-order valence-electron chi connectivity index (χ1n) is 3.46. The monoisotopic (exact) mass is 314 g/mol. The van der Waals surface area contributed by atoms with Crippen LogP contribution in [0, 0.1) is 13.8 Å². The molecule has 0 aliphatic rings. The lowest BCUT2D eigenvalue weighted by atomic mass is 10.1. The van der Waals surface area contributed by atoms with Crippen molar-refractivity contribution in [3.63, 3.8) is 0 Å². The van der Waals surface area contributed by atoms with Gasteiger partial charge in [0.25, 0.3) is 10.1 Å². The van der Waals surface area contributed by atoms with Crippen molar-refractivity contribution in [1.82, 2.24) is 0 Å². The number of hydrogen-bond donors (Lipinski definition) is 1. The molecule has 0 fully saturated rings. The lowest BCUT2D eigenvalue weighted by Crippen LogP contribution is -1.98. The van der Waals surface area contributed by atoms with Gasteiger partial charge in [0.15, 0.2) is 0 Å². The van der Waals surface area contributed by atoms with Gasteiger partial charge in [0.1, 0.15) is 0 Å². The van der Waals surface area contributed by atoms with E-state index in [2.05, 4.69) is 0 Å². The molecule has 0 atom stereocenters. The summed E-state index contributed by atoms with van der Waals surface area (Å²) >= 11 is 0. The van der Waals surface area contributed by atoms with E-state index in [1.807, 2.05) is 6.92 Å². The van der Waals surface area contributed by atoms with E-state index >= 15 is 0 Å². The van der Waals surface area contributed by atoms with Gasteiger partial charge in [-0.15, -0.1) is 24.0 Å². The molecule has 0 amide bonds. The average Bonchev–Trinajstić information content (AvgIpc) is 1.92. The Labute approximate surface area is 94.9 Å². The Hall–Kier alpha value is -0.140. The first-order chi connectivity index (χ1) is 5.41. The van der Waals surface area contributed by atoms with Gasteiger partial charge < -0.3 is 0 Å². The molecule has 0 bridgehead atoms. The van der Waals surface area contributed by atoms with Crippen LogP contribution in [0.25, 0.3) is 0 Å². The third-order valence-corrected chi connectivity index (χ3v) is 2.63. The topological polar surface area (TPSA) is 54.4 Å². The smallest absolute Gasteiger partial charge is 0.282 e. The molecule has 0 spiro atoms. The summed E-state index contributed by atoms with van der Waals surface area (Å²) in [6.45, 7) is 3.67. The fraction of sp³-hybridized carbons (Fsp3) is 0.250. The zero-order chi connectivity index (χ0) is 9.35. The summed E-state index contributed by atoms with van der Waals surface area (Å²) < 4.78 is 30.0. The minimum absolute atomic E-state index is 0. The molecule has 0 saturated heterocycles. The highest BCUT2D eigenvalue weighted by Gasteiger charge is 2.08. The van der Waals surface area contributed by atoms with E-state index in [0.29, 0.717) is 0 Å². The largest absolute Gasteiger partial charge is 0.294 e. The van der Waals surface area contributed by atoms with Crippen LogP contribution in [-0.4, -0.2) is 13.0 Å². The van der Waals surface area contributed by atoms with Crippen molar-refractivity contribution in [2.75, 3.05) is 0 Å². The number of rotatable bonds is 1. The maximum absolute atomic E-state index is 10.7. The second-order valence-electron chi connectivity index (χ2n) is 2.72. The quantitative estimate of drug-likeness (QED) is 0.638. The van der Waals surface area contributed by atoms with Gasteiger partial charge in [0.05, 0.1) is 4.90 Å². The molecule has 3 nitrogen and oxygen atoms in total. The molecule has 0 radical (unpaired) electrons. The Morgan fingerprint density at radius 1 is 1.15 bits per heavy atom. The summed E-state index contributed by atoms with van der Waals surface area (Å²) in [5, 5.41) is 0. The molecule has 0 unspecified atom stereocenters. The maximum Gasteiger partial charge on any atom is 0.294 e. The normalized spacial score (nSPS) is 10.7. The van der Waals surface area contributed by atoms with Gasteiger partial charge in [0, 0.05) is 0 Å². The fourth-order valence-corrected chi connectivity index (χ4v) is 1.44. The number of benzene rings is 1. The van der Waals surface area contributed by atoms with Crippen LogP contribution >= 0.6 is 24.0 Å². The van der Waals surface area contributed by atoms with Crippen molar-refractivity contribution in [2.24, 2.45) is 0 Å². The first-order valence-corrected chi connectivity index (χ1v) is 4.90. The molecule has 1 N–H and O–H groups in total. The molecule has 0 saturated carbocycles.